The van der Waals surface area contributed by atoms with E-state index < -0.39 is 0 Å². The van der Waals surface area contributed by atoms with Crippen molar-refractivity contribution >= 4 is 0 Å². The molecule has 0 heterocycles. The van der Waals surface area contributed by atoms with Crippen molar-refractivity contribution in [2.24, 2.45) is 0 Å². The Kier molecular flexibility index (Phi) is 6.22. The third-order valence-corrected chi connectivity index (χ3v) is 0.913. The third kappa shape index (κ3) is 5.59. The van der Waals surface area contributed by atoms with E-state index in [1.807, 2.05) is 7.05 Å². The maximum atomic E-state index is 5.01. The van der Waals surface area contributed by atoms with Crippen molar-refractivity contribution in [1.29, 1.82) is 0 Å². The Balaban J connectivity index is 3.05. The predicted molar refractivity (Wildman–Crippen MR) is 42.4 cm³/mol. The largest absolute Gasteiger partial charge is 0.314 e. The topological polar surface area (TPSA) is 33.3 Å². The Labute approximate surface area is 62.4 Å². The smallest absolute Gasteiger partial charge is 0.0743 e. The van der Waals surface area contributed by atoms with Crippen LogP contribution in [0.2, 0.25) is 0 Å². The van der Waals surface area contributed by atoms with Gasteiger partial charge >= 0.3 is 0 Å². The van der Waals surface area contributed by atoms with Gasteiger partial charge in [0.1, 0.15) is 0 Å². The van der Waals surface area contributed by atoms with E-state index in [9.17, 15) is 0 Å². The Morgan fingerprint density at radius 1 is 1.60 bits per heavy atom. The fourth-order valence-electron chi connectivity index (χ4n) is 0.505. The molecule has 0 unspecified atom stereocenters. The van der Waals surface area contributed by atoms with E-state index in [1.54, 1.807) is 0 Å². The zero-order chi connectivity index (χ0) is 7.82. The van der Waals surface area contributed by atoms with Crippen LogP contribution in [0.5, 0.6) is 0 Å². The molecule has 10 heavy (non-hydrogen) atoms. The highest BCUT2D eigenvalue weighted by Gasteiger charge is 1.88. The second kappa shape index (κ2) is 6.58. The predicted octanol–water partition coefficient (Wildman–Crippen LogP) is 0.651. The standard InChI is InChI=1S/C7H16N2O/c1-4-5-10-9-7(2)6-8-3/h8-9H,2,4-6H2,1,3H3. The molecular weight excluding hydrogens is 128 g/mol. The quantitative estimate of drug-likeness (QED) is 0.424. The molecule has 3 nitrogen and oxygen atoms in total. The summed E-state index contributed by atoms with van der Waals surface area (Å²) in [7, 11) is 1.87. The fourth-order valence-corrected chi connectivity index (χ4v) is 0.505. The molecule has 0 saturated carbocycles. The van der Waals surface area contributed by atoms with Gasteiger partial charge in [-0.3, -0.25) is 10.3 Å². The van der Waals surface area contributed by atoms with E-state index in [2.05, 4.69) is 24.3 Å². The van der Waals surface area contributed by atoms with Crippen molar-refractivity contribution in [2.45, 2.75) is 13.3 Å². The van der Waals surface area contributed by atoms with Crippen molar-refractivity contribution in [3.05, 3.63) is 12.3 Å². The van der Waals surface area contributed by atoms with Crippen LogP contribution < -0.4 is 10.8 Å². The van der Waals surface area contributed by atoms with Gasteiger partial charge in [-0.05, 0) is 13.5 Å². The van der Waals surface area contributed by atoms with Gasteiger partial charge in [0.2, 0.25) is 0 Å². The maximum Gasteiger partial charge on any atom is 0.0743 e. The molecule has 0 fully saturated rings. The first-order valence-electron chi connectivity index (χ1n) is 3.51. The average molecular weight is 144 g/mol. The van der Waals surface area contributed by atoms with Crippen molar-refractivity contribution < 1.29 is 4.84 Å². The lowest BCUT2D eigenvalue weighted by Crippen LogP contribution is -2.22. The molecule has 0 saturated heterocycles. The molecule has 0 amide bonds. The molecule has 60 valence electrons. The van der Waals surface area contributed by atoms with Crippen LogP contribution >= 0.6 is 0 Å². The van der Waals surface area contributed by atoms with Crippen LogP contribution in [0, 0.1) is 0 Å². The molecule has 3 heteroatoms. The highest BCUT2D eigenvalue weighted by atomic mass is 16.6. The van der Waals surface area contributed by atoms with E-state index >= 15 is 0 Å². The van der Waals surface area contributed by atoms with Gasteiger partial charge in [-0.2, -0.15) is 0 Å². The molecule has 0 aromatic carbocycles. The van der Waals surface area contributed by atoms with Crippen molar-refractivity contribution in [1.82, 2.24) is 10.8 Å². The average Bonchev–Trinajstić information content (AvgIpc) is 1.89. The van der Waals surface area contributed by atoms with Crippen molar-refractivity contribution in [3.63, 3.8) is 0 Å². The molecule has 0 aromatic rings. The first kappa shape index (κ1) is 9.46. The molecule has 0 spiro atoms. The van der Waals surface area contributed by atoms with Crippen molar-refractivity contribution in [2.75, 3.05) is 20.2 Å². The zero-order valence-electron chi connectivity index (χ0n) is 6.74. The molecule has 0 rings (SSSR count). The molecule has 0 aliphatic heterocycles. The minimum absolute atomic E-state index is 0.725. The molecule has 0 aromatic heterocycles. The summed E-state index contributed by atoms with van der Waals surface area (Å²) in [5, 5.41) is 2.95. The van der Waals surface area contributed by atoms with Crippen LogP contribution in [0.15, 0.2) is 12.3 Å². The van der Waals surface area contributed by atoms with Gasteiger partial charge in [0.05, 0.1) is 6.61 Å². The number of likely N-dealkylation sites (N-methyl/N-ethyl adjacent to an activating group) is 1. The summed E-state index contributed by atoms with van der Waals surface area (Å²) in [5.41, 5.74) is 3.58. The van der Waals surface area contributed by atoms with Gasteiger partial charge in [0.15, 0.2) is 0 Å². The van der Waals surface area contributed by atoms with Crippen molar-refractivity contribution in [3.8, 4) is 0 Å². The molecule has 0 aliphatic rings. The summed E-state index contributed by atoms with van der Waals surface area (Å²) >= 11 is 0. The molecule has 0 bridgehead atoms. The van der Waals surface area contributed by atoms with E-state index in [4.69, 9.17) is 4.84 Å². The Morgan fingerprint density at radius 2 is 2.30 bits per heavy atom. The van der Waals surface area contributed by atoms with Crippen LogP contribution in [0.25, 0.3) is 0 Å². The van der Waals surface area contributed by atoms with Gasteiger partial charge in [-0.1, -0.05) is 13.5 Å². The van der Waals surface area contributed by atoms with Gasteiger partial charge in [-0.25, -0.2) is 0 Å². The summed E-state index contributed by atoms with van der Waals surface area (Å²) in [6.45, 7) is 7.24. The van der Waals surface area contributed by atoms with E-state index in [1.165, 1.54) is 0 Å². The maximum absolute atomic E-state index is 5.01. The lowest BCUT2D eigenvalue weighted by atomic mass is 10.5. The van der Waals surface area contributed by atoms with Crippen LogP contribution in [0.4, 0.5) is 0 Å². The third-order valence-electron chi connectivity index (χ3n) is 0.913. The fraction of sp³-hybridized carbons (Fsp3) is 0.714. The summed E-state index contributed by atoms with van der Waals surface area (Å²) in [6, 6.07) is 0. The second-order valence-corrected chi connectivity index (χ2v) is 2.08. The van der Waals surface area contributed by atoms with Crippen LogP contribution in [0.3, 0.4) is 0 Å². The highest BCUT2D eigenvalue weighted by Crippen LogP contribution is 1.81. The second-order valence-electron chi connectivity index (χ2n) is 2.08. The van der Waals surface area contributed by atoms with Gasteiger partial charge in [0, 0.05) is 12.2 Å². The van der Waals surface area contributed by atoms with Crippen LogP contribution in [-0.4, -0.2) is 20.2 Å². The number of hydroxylamine groups is 1. The Bertz CT molecular complexity index is 93.6. The molecular formula is C7H16N2O. The van der Waals surface area contributed by atoms with E-state index in [-0.39, 0.29) is 0 Å². The summed E-state index contributed by atoms with van der Waals surface area (Å²) in [6.07, 6.45) is 1.01. The molecule has 0 atom stereocenters. The Morgan fingerprint density at radius 3 is 2.80 bits per heavy atom. The lowest BCUT2D eigenvalue weighted by molar-refractivity contribution is 0.0622. The minimum Gasteiger partial charge on any atom is -0.314 e. The van der Waals surface area contributed by atoms with E-state index in [0.29, 0.717) is 0 Å². The van der Waals surface area contributed by atoms with Gasteiger partial charge in [-0.15, -0.1) is 0 Å². The first-order chi connectivity index (χ1) is 4.81. The molecule has 0 aliphatic carbocycles. The van der Waals surface area contributed by atoms with Gasteiger partial charge in [0.25, 0.3) is 0 Å². The summed E-state index contributed by atoms with van der Waals surface area (Å²) < 4.78 is 0. The molecule has 2 N–H and O–H groups in total. The molecule has 0 radical (unpaired) electrons. The van der Waals surface area contributed by atoms with E-state index in [0.717, 1.165) is 25.3 Å². The monoisotopic (exact) mass is 144 g/mol. The Hall–Kier alpha value is -0.540. The van der Waals surface area contributed by atoms with Crippen LogP contribution in [-0.2, 0) is 4.84 Å². The summed E-state index contributed by atoms with van der Waals surface area (Å²) in [5.74, 6) is 0. The van der Waals surface area contributed by atoms with Crippen LogP contribution in [0.1, 0.15) is 13.3 Å². The number of hydrogen-bond acceptors (Lipinski definition) is 3. The lowest BCUT2D eigenvalue weighted by Gasteiger charge is -2.07. The SMILES string of the molecule is C=C(CNC)NOCCC. The number of nitrogens with one attached hydrogen (secondary N) is 2. The zero-order valence-corrected chi connectivity index (χ0v) is 6.74. The number of hydrogen-bond donors (Lipinski definition) is 2. The van der Waals surface area contributed by atoms with Gasteiger partial charge < -0.3 is 5.32 Å². The normalized spacial score (nSPS) is 9.40. The number of rotatable bonds is 6. The minimum atomic E-state index is 0.725. The highest BCUT2D eigenvalue weighted by molar-refractivity contribution is 4.89. The summed E-state index contributed by atoms with van der Waals surface area (Å²) in [4.78, 5) is 5.01. The first-order valence-corrected chi connectivity index (χ1v) is 3.51.